The van der Waals surface area contributed by atoms with Crippen LogP contribution in [0.15, 0.2) is 48.5 Å². The molecule has 110 valence electrons. The van der Waals surface area contributed by atoms with Crippen molar-refractivity contribution < 1.29 is 0 Å². The molecule has 1 heteroatoms. The highest BCUT2D eigenvalue weighted by atomic mass is 14.9. The highest BCUT2D eigenvalue weighted by Crippen LogP contribution is 2.46. The number of aryl methyl sites for hydroxylation is 1. The Morgan fingerprint density at radius 1 is 1.05 bits per heavy atom. The van der Waals surface area contributed by atoms with E-state index < -0.39 is 0 Å². The third kappa shape index (κ3) is 2.83. The molecule has 1 atom stereocenters. The number of anilines is 1. The summed E-state index contributed by atoms with van der Waals surface area (Å²) in [5.41, 5.74) is 5.85. The average Bonchev–Trinajstić information content (AvgIpc) is 2.72. The van der Waals surface area contributed by atoms with E-state index in [0.29, 0.717) is 6.04 Å². The van der Waals surface area contributed by atoms with Crippen LogP contribution in [-0.2, 0) is 12.8 Å². The van der Waals surface area contributed by atoms with Crippen LogP contribution < -0.4 is 5.32 Å². The van der Waals surface area contributed by atoms with Gasteiger partial charge in [0.25, 0.3) is 0 Å². The first-order valence-corrected chi connectivity index (χ1v) is 8.03. The van der Waals surface area contributed by atoms with Gasteiger partial charge in [-0.05, 0) is 47.1 Å². The van der Waals surface area contributed by atoms with Crippen molar-refractivity contribution in [2.24, 2.45) is 5.41 Å². The molecule has 0 bridgehead atoms. The predicted molar refractivity (Wildman–Crippen MR) is 90.7 cm³/mol. The first kappa shape index (κ1) is 14.2. The Bertz CT molecular complexity index is 610. The van der Waals surface area contributed by atoms with Gasteiger partial charge >= 0.3 is 0 Å². The molecule has 0 amide bonds. The molecule has 1 unspecified atom stereocenters. The van der Waals surface area contributed by atoms with Gasteiger partial charge in [0, 0.05) is 5.69 Å². The highest BCUT2D eigenvalue weighted by Gasteiger charge is 2.38. The van der Waals surface area contributed by atoms with Crippen LogP contribution in [0.3, 0.4) is 0 Å². The third-order valence-electron chi connectivity index (χ3n) is 4.60. The molecule has 21 heavy (non-hydrogen) atoms. The number of nitrogens with one attached hydrogen (secondary N) is 1. The maximum Gasteiger partial charge on any atom is 0.0570 e. The summed E-state index contributed by atoms with van der Waals surface area (Å²) in [4.78, 5) is 0. The Balaban J connectivity index is 1.83. The Morgan fingerprint density at radius 2 is 1.76 bits per heavy atom. The summed E-state index contributed by atoms with van der Waals surface area (Å²) < 4.78 is 0. The molecule has 0 spiro atoms. The molecular formula is C20H25N. The quantitative estimate of drug-likeness (QED) is 0.793. The Hall–Kier alpha value is -1.76. The number of hydrogen-bond acceptors (Lipinski definition) is 1. The minimum absolute atomic E-state index is 0.256. The molecule has 0 saturated carbocycles. The Labute approximate surface area is 128 Å². The monoisotopic (exact) mass is 279 g/mol. The van der Waals surface area contributed by atoms with Crippen molar-refractivity contribution >= 4 is 5.69 Å². The van der Waals surface area contributed by atoms with E-state index in [1.54, 1.807) is 0 Å². The number of benzene rings is 2. The second-order valence-corrected chi connectivity index (χ2v) is 6.89. The molecule has 3 rings (SSSR count). The van der Waals surface area contributed by atoms with Crippen LogP contribution in [0.4, 0.5) is 5.69 Å². The second-order valence-electron chi connectivity index (χ2n) is 6.89. The van der Waals surface area contributed by atoms with Gasteiger partial charge in [0.1, 0.15) is 0 Å². The van der Waals surface area contributed by atoms with E-state index in [1.165, 1.54) is 28.8 Å². The minimum Gasteiger partial charge on any atom is -0.378 e. The van der Waals surface area contributed by atoms with Crippen molar-refractivity contribution in [3.63, 3.8) is 0 Å². The summed E-state index contributed by atoms with van der Waals surface area (Å²) in [6, 6.07) is 18.2. The maximum absolute atomic E-state index is 3.76. The largest absolute Gasteiger partial charge is 0.378 e. The zero-order valence-corrected chi connectivity index (χ0v) is 13.3. The molecule has 0 saturated heterocycles. The SMILES string of the molecule is CCCc1ccc(NC2c3ccccc3CC2(C)C)cc1. The summed E-state index contributed by atoms with van der Waals surface area (Å²) >= 11 is 0. The van der Waals surface area contributed by atoms with Gasteiger partial charge in [0.05, 0.1) is 6.04 Å². The second kappa shape index (κ2) is 5.55. The molecule has 1 aliphatic carbocycles. The lowest BCUT2D eigenvalue weighted by Gasteiger charge is -2.29. The van der Waals surface area contributed by atoms with Crippen LogP contribution in [-0.4, -0.2) is 0 Å². The number of fused-ring (bicyclic) bond motifs is 1. The number of hydrogen-bond donors (Lipinski definition) is 1. The fourth-order valence-electron chi connectivity index (χ4n) is 3.49. The molecule has 2 aromatic rings. The van der Waals surface area contributed by atoms with Crippen molar-refractivity contribution in [2.75, 3.05) is 5.32 Å². The smallest absolute Gasteiger partial charge is 0.0570 e. The molecule has 0 radical (unpaired) electrons. The fraction of sp³-hybridized carbons (Fsp3) is 0.400. The van der Waals surface area contributed by atoms with Crippen molar-refractivity contribution in [1.29, 1.82) is 0 Å². The molecule has 0 aromatic heterocycles. The standard InChI is InChI=1S/C20H25N/c1-4-7-15-10-12-17(13-11-15)21-19-18-9-6-5-8-16(18)14-20(19,2)3/h5-6,8-13,19,21H,4,7,14H2,1-3H3. The van der Waals surface area contributed by atoms with Crippen LogP contribution in [0.5, 0.6) is 0 Å². The summed E-state index contributed by atoms with van der Waals surface area (Å²) in [7, 11) is 0. The molecule has 0 fully saturated rings. The lowest BCUT2D eigenvalue weighted by Crippen LogP contribution is -2.24. The molecule has 1 nitrogen and oxygen atoms in total. The van der Waals surface area contributed by atoms with Gasteiger partial charge in [0.2, 0.25) is 0 Å². The molecule has 1 N–H and O–H groups in total. The van der Waals surface area contributed by atoms with Gasteiger partial charge in [0.15, 0.2) is 0 Å². The predicted octanol–water partition coefficient (Wildman–Crippen LogP) is 5.37. The first-order valence-electron chi connectivity index (χ1n) is 8.03. The van der Waals surface area contributed by atoms with Crippen LogP contribution in [0.2, 0.25) is 0 Å². The lowest BCUT2D eigenvalue weighted by atomic mass is 9.85. The van der Waals surface area contributed by atoms with Crippen LogP contribution in [0.1, 0.15) is 49.9 Å². The van der Waals surface area contributed by atoms with Gasteiger partial charge in [-0.1, -0.05) is 63.6 Å². The van der Waals surface area contributed by atoms with E-state index >= 15 is 0 Å². The average molecular weight is 279 g/mol. The number of rotatable bonds is 4. The summed E-state index contributed by atoms with van der Waals surface area (Å²) in [6.45, 7) is 6.94. The van der Waals surface area contributed by atoms with Gasteiger partial charge in [-0.2, -0.15) is 0 Å². The zero-order valence-electron chi connectivity index (χ0n) is 13.3. The van der Waals surface area contributed by atoms with Gasteiger partial charge in [-0.15, -0.1) is 0 Å². The van der Waals surface area contributed by atoms with Crippen molar-refractivity contribution in [3.8, 4) is 0 Å². The topological polar surface area (TPSA) is 12.0 Å². The van der Waals surface area contributed by atoms with E-state index in [9.17, 15) is 0 Å². The molecule has 1 aliphatic rings. The molecule has 0 heterocycles. The molecule has 0 aliphatic heterocycles. The van der Waals surface area contributed by atoms with Crippen molar-refractivity contribution in [3.05, 3.63) is 65.2 Å². The Morgan fingerprint density at radius 3 is 2.48 bits per heavy atom. The summed E-state index contributed by atoms with van der Waals surface area (Å²) in [5, 5.41) is 3.76. The van der Waals surface area contributed by atoms with Crippen molar-refractivity contribution in [1.82, 2.24) is 0 Å². The van der Waals surface area contributed by atoms with Gasteiger partial charge in [-0.25, -0.2) is 0 Å². The van der Waals surface area contributed by atoms with Gasteiger partial charge in [-0.3, -0.25) is 0 Å². The van der Waals surface area contributed by atoms with E-state index in [0.717, 1.165) is 12.8 Å². The van der Waals surface area contributed by atoms with Crippen LogP contribution >= 0.6 is 0 Å². The molecule has 2 aromatic carbocycles. The maximum atomic E-state index is 3.76. The highest BCUT2D eigenvalue weighted by molar-refractivity contribution is 5.50. The van der Waals surface area contributed by atoms with E-state index in [-0.39, 0.29) is 5.41 Å². The van der Waals surface area contributed by atoms with Crippen molar-refractivity contribution in [2.45, 2.75) is 46.1 Å². The van der Waals surface area contributed by atoms with Crippen LogP contribution in [0, 0.1) is 5.41 Å². The van der Waals surface area contributed by atoms with Crippen LogP contribution in [0.25, 0.3) is 0 Å². The minimum atomic E-state index is 0.256. The van der Waals surface area contributed by atoms with E-state index in [4.69, 9.17) is 0 Å². The molecular weight excluding hydrogens is 254 g/mol. The normalized spacial score (nSPS) is 19.3. The summed E-state index contributed by atoms with van der Waals surface area (Å²) in [6.07, 6.45) is 3.52. The third-order valence-corrected chi connectivity index (χ3v) is 4.60. The Kier molecular flexibility index (Phi) is 3.75. The van der Waals surface area contributed by atoms with E-state index in [1.807, 2.05) is 0 Å². The van der Waals surface area contributed by atoms with E-state index in [2.05, 4.69) is 74.6 Å². The first-order chi connectivity index (χ1) is 10.1. The summed E-state index contributed by atoms with van der Waals surface area (Å²) in [5.74, 6) is 0. The van der Waals surface area contributed by atoms with Gasteiger partial charge < -0.3 is 5.32 Å². The lowest BCUT2D eigenvalue weighted by molar-refractivity contribution is 0.337. The zero-order chi connectivity index (χ0) is 14.9. The fourth-order valence-corrected chi connectivity index (χ4v) is 3.49.